The first-order chi connectivity index (χ1) is 5.20. The van der Waals surface area contributed by atoms with Crippen molar-refractivity contribution in [3.63, 3.8) is 0 Å². The van der Waals surface area contributed by atoms with Gasteiger partial charge in [-0.2, -0.15) is 0 Å². The lowest BCUT2D eigenvalue weighted by Crippen LogP contribution is -1.84. The predicted octanol–water partition coefficient (Wildman–Crippen LogP) is 2.65. The van der Waals surface area contributed by atoms with E-state index in [1.807, 2.05) is 19.9 Å². The maximum Gasteiger partial charge on any atom is 0.119 e. The van der Waals surface area contributed by atoms with Crippen LogP contribution in [0.1, 0.15) is 13.8 Å². The summed E-state index contributed by atoms with van der Waals surface area (Å²) in [6.07, 6.45) is 6.23. The zero-order valence-corrected chi connectivity index (χ0v) is 6.92. The Kier molecular flexibility index (Phi) is 4.82. The van der Waals surface area contributed by atoms with Crippen LogP contribution in [-0.4, -0.2) is 6.21 Å². The Morgan fingerprint density at radius 1 is 1.55 bits per heavy atom. The molecule has 0 aliphatic heterocycles. The number of hydrogen-bond acceptors (Lipinski definition) is 2. The molecule has 0 heterocycles. The van der Waals surface area contributed by atoms with Crippen molar-refractivity contribution in [2.75, 3.05) is 0 Å². The molecule has 2 nitrogen and oxygen atoms in total. The lowest BCUT2D eigenvalue weighted by molar-refractivity contribution is 0.323. The van der Waals surface area contributed by atoms with Crippen molar-refractivity contribution in [3.8, 4) is 0 Å². The Morgan fingerprint density at radius 2 is 2.18 bits per heavy atom. The summed E-state index contributed by atoms with van der Waals surface area (Å²) in [5, 5.41) is 6.70. The molecule has 0 spiro atoms. The van der Waals surface area contributed by atoms with Gasteiger partial charge in [0, 0.05) is 6.21 Å². The van der Waals surface area contributed by atoms with Crippen LogP contribution in [0.15, 0.2) is 36.3 Å². The van der Waals surface area contributed by atoms with Crippen LogP contribution in [0.5, 0.6) is 0 Å². The third-order valence-corrected chi connectivity index (χ3v) is 1.08. The Bertz CT molecular complexity index is 202. The van der Waals surface area contributed by atoms with E-state index in [0.717, 1.165) is 5.76 Å². The fraction of sp³-hybridized carbons (Fsp3) is 0.222. The standard InChI is InChI=1S/C9H13NO/c1-4-8(2)11-9(3)6-5-7-10/h4-7,10H,3H2,1-2H3/b6-5-,8-4+,10-7?. The van der Waals surface area contributed by atoms with E-state index in [2.05, 4.69) is 6.58 Å². The van der Waals surface area contributed by atoms with Crippen LogP contribution < -0.4 is 0 Å². The third-order valence-electron chi connectivity index (χ3n) is 1.08. The second-order valence-corrected chi connectivity index (χ2v) is 1.99. The first-order valence-corrected chi connectivity index (χ1v) is 3.37. The number of nitrogens with one attached hydrogen (secondary N) is 1. The van der Waals surface area contributed by atoms with Crippen LogP contribution in [0.2, 0.25) is 0 Å². The van der Waals surface area contributed by atoms with Crippen LogP contribution in [0.3, 0.4) is 0 Å². The molecule has 0 aromatic rings. The molecule has 11 heavy (non-hydrogen) atoms. The molecule has 0 aliphatic carbocycles. The maximum absolute atomic E-state index is 6.70. The quantitative estimate of drug-likeness (QED) is 0.374. The highest BCUT2D eigenvalue weighted by Crippen LogP contribution is 2.03. The Balaban J connectivity index is 3.88. The second kappa shape index (κ2) is 5.47. The summed E-state index contributed by atoms with van der Waals surface area (Å²) in [6, 6.07) is 0. The molecule has 0 fully saturated rings. The summed E-state index contributed by atoms with van der Waals surface area (Å²) in [5.41, 5.74) is 0. The molecule has 0 saturated carbocycles. The molecule has 2 heteroatoms. The number of hydrogen-bond donors (Lipinski definition) is 1. The van der Waals surface area contributed by atoms with Gasteiger partial charge in [0.2, 0.25) is 0 Å². The number of ether oxygens (including phenoxy) is 1. The fourth-order valence-electron chi connectivity index (χ4n) is 0.455. The lowest BCUT2D eigenvalue weighted by Gasteiger charge is -2.02. The molecule has 0 atom stereocenters. The van der Waals surface area contributed by atoms with Gasteiger partial charge in [0.25, 0.3) is 0 Å². The molecular weight excluding hydrogens is 138 g/mol. The van der Waals surface area contributed by atoms with Gasteiger partial charge in [-0.25, -0.2) is 0 Å². The van der Waals surface area contributed by atoms with E-state index in [0.29, 0.717) is 5.76 Å². The molecule has 0 rings (SSSR count). The average Bonchev–Trinajstić information content (AvgIpc) is 2.00. The molecule has 0 radical (unpaired) electrons. The summed E-state index contributed by atoms with van der Waals surface area (Å²) in [7, 11) is 0. The zero-order chi connectivity index (χ0) is 8.69. The van der Waals surface area contributed by atoms with Gasteiger partial charge >= 0.3 is 0 Å². The van der Waals surface area contributed by atoms with Crippen molar-refractivity contribution in [2.45, 2.75) is 13.8 Å². The predicted molar refractivity (Wildman–Crippen MR) is 47.6 cm³/mol. The Hall–Kier alpha value is -1.31. The van der Waals surface area contributed by atoms with E-state index in [4.69, 9.17) is 10.1 Å². The minimum absolute atomic E-state index is 0.545. The Morgan fingerprint density at radius 3 is 2.64 bits per heavy atom. The molecular formula is C9H13NO. The van der Waals surface area contributed by atoms with E-state index in [-0.39, 0.29) is 0 Å². The van der Waals surface area contributed by atoms with Gasteiger partial charge in [0.1, 0.15) is 5.76 Å². The highest BCUT2D eigenvalue weighted by molar-refractivity contribution is 5.68. The van der Waals surface area contributed by atoms with Gasteiger partial charge in [0.15, 0.2) is 0 Å². The van der Waals surface area contributed by atoms with Gasteiger partial charge in [0.05, 0.1) is 5.76 Å². The molecule has 0 bridgehead atoms. The van der Waals surface area contributed by atoms with Gasteiger partial charge in [-0.05, 0) is 32.1 Å². The largest absolute Gasteiger partial charge is 0.463 e. The van der Waals surface area contributed by atoms with Gasteiger partial charge in [-0.3, -0.25) is 0 Å². The smallest absolute Gasteiger partial charge is 0.119 e. The van der Waals surface area contributed by atoms with Crippen molar-refractivity contribution in [1.29, 1.82) is 5.41 Å². The van der Waals surface area contributed by atoms with Crippen molar-refractivity contribution < 1.29 is 4.74 Å². The van der Waals surface area contributed by atoms with Crippen LogP contribution in [0, 0.1) is 5.41 Å². The van der Waals surface area contributed by atoms with E-state index < -0.39 is 0 Å². The van der Waals surface area contributed by atoms with E-state index in [9.17, 15) is 0 Å². The summed E-state index contributed by atoms with van der Waals surface area (Å²) in [6.45, 7) is 7.37. The summed E-state index contributed by atoms with van der Waals surface area (Å²) >= 11 is 0. The normalized spacial score (nSPS) is 11.6. The van der Waals surface area contributed by atoms with E-state index in [1.165, 1.54) is 6.21 Å². The van der Waals surface area contributed by atoms with Crippen LogP contribution in [-0.2, 0) is 4.74 Å². The average molecular weight is 151 g/mol. The molecule has 60 valence electrons. The summed E-state index contributed by atoms with van der Waals surface area (Å²) in [4.78, 5) is 0. The maximum atomic E-state index is 6.70. The molecule has 0 aromatic carbocycles. The van der Waals surface area contributed by atoms with Gasteiger partial charge < -0.3 is 10.1 Å². The highest BCUT2D eigenvalue weighted by Gasteiger charge is 1.88. The van der Waals surface area contributed by atoms with Crippen LogP contribution in [0.25, 0.3) is 0 Å². The molecule has 0 amide bonds. The number of allylic oxidation sites excluding steroid dienone is 4. The zero-order valence-electron chi connectivity index (χ0n) is 6.92. The summed E-state index contributed by atoms with van der Waals surface area (Å²) < 4.78 is 5.18. The van der Waals surface area contributed by atoms with Crippen molar-refractivity contribution >= 4 is 6.21 Å². The number of rotatable bonds is 4. The lowest BCUT2D eigenvalue weighted by atomic mass is 10.4. The topological polar surface area (TPSA) is 33.1 Å². The second-order valence-electron chi connectivity index (χ2n) is 1.99. The van der Waals surface area contributed by atoms with Gasteiger partial charge in [-0.1, -0.05) is 6.58 Å². The minimum atomic E-state index is 0.545. The first-order valence-electron chi connectivity index (χ1n) is 3.37. The molecule has 0 saturated heterocycles. The van der Waals surface area contributed by atoms with E-state index in [1.54, 1.807) is 12.2 Å². The highest BCUT2D eigenvalue weighted by atomic mass is 16.5. The van der Waals surface area contributed by atoms with Crippen molar-refractivity contribution in [1.82, 2.24) is 0 Å². The van der Waals surface area contributed by atoms with Crippen molar-refractivity contribution in [3.05, 3.63) is 36.3 Å². The molecule has 0 aliphatic rings. The molecule has 0 aromatic heterocycles. The SMILES string of the molecule is C=C(/C=C\C=N)O/C(C)=C/C. The summed E-state index contributed by atoms with van der Waals surface area (Å²) in [5.74, 6) is 1.36. The van der Waals surface area contributed by atoms with E-state index >= 15 is 0 Å². The molecule has 0 unspecified atom stereocenters. The van der Waals surface area contributed by atoms with Crippen LogP contribution >= 0.6 is 0 Å². The monoisotopic (exact) mass is 151 g/mol. The minimum Gasteiger partial charge on any atom is -0.463 e. The fourth-order valence-corrected chi connectivity index (χ4v) is 0.455. The first kappa shape index (κ1) is 9.69. The van der Waals surface area contributed by atoms with Crippen molar-refractivity contribution in [2.24, 2.45) is 0 Å². The van der Waals surface area contributed by atoms with Crippen LogP contribution in [0.4, 0.5) is 0 Å². The molecule has 1 N–H and O–H groups in total. The van der Waals surface area contributed by atoms with Gasteiger partial charge in [-0.15, -0.1) is 0 Å². The third kappa shape index (κ3) is 5.15. The Labute approximate surface area is 67.4 Å².